The van der Waals surface area contributed by atoms with Crippen LogP contribution in [-0.4, -0.2) is 33.3 Å². The zero-order chi connectivity index (χ0) is 19.7. The van der Waals surface area contributed by atoms with Crippen LogP contribution in [0.5, 0.6) is 0 Å². The van der Waals surface area contributed by atoms with Crippen molar-refractivity contribution in [3.8, 4) is 0 Å². The summed E-state index contributed by atoms with van der Waals surface area (Å²) in [7, 11) is 1.30. The molecule has 0 spiro atoms. The van der Waals surface area contributed by atoms with Gasteiger partial charge in [0.15, 0.2) is 0 Å². The van der Waals surface area contributed by atoms with Gasteiger partial charge in [-0.3, -0.25) is 4.79 Å². The lowest BCUT2D eigenvalue weighted by atomic mass is 9.97. The Kier molecular flexibility index (Phi) is 5.84. The average molecular weight is 414 g/mol. The van der Waals surface area contributed by atoms with Crippen molar-refractivity contribution >= 4 is 29.1 Å². The number of nitrogens with zero attached hydrogens (tertiary/aromatic N) is 2. The summed E-state index contributed by atoms with van der Waals surface area (Å²) in [6.07, 6.45) is -3.57. The zero-order valence-electron chi connectivity index (χ0n) is 13.2. The Morgan fingerprint density at radius 2 is 1.96 bits per heavy atom. The Labute approximate surface area is 155 Å². The molecule has 0 saturated heterocycles. The smallest absolute Gasteiger partial charge is 0.374 e. The fourth-order valence-electron chi connectivity index (χ4n) is 2.29. The van der Waals surface area contributed by atoms with Crippen LogP contribution in [-0.2, 0) is 12.6 Å². The molecule has 0 saturated carbocycles. The number of alkyl halides is 3. The number of aryl methyl sites for hydroxylation is 1. The standard InChI is InChI=1S/C15H13Cl2F4N3O2/c1-24-5-4-23-13(24)14(26,15(19,20)21)2-3-22-12(25)8-6-11(18)10(17)7-9(8)16/h4-7,26H,2-3H2,1H3,(H,22,25). The second kappa shape index (κ2) is 7.42. The predicted molar refractivity (Wildman–Crippen MR) is 86.5 cm³/mol. The van der Waals surface area contributed by atoms with Gasteiger partial charge in [0, 0.05) is 32.4 Å². The van der Waals surface area contributed by atoms with E-state index in [0.717, 1.165) is 22.9 Å². The van der Waals surface area contributed by atoms with Gasteiger partial charge in [-0.05, 0) is 12.1 Å². The van der Waals surface area contributed by atoms with E-state index >= 15 is 0 Å². The maximum Gasteiger partial charge on any atom is 0.424 e. The van der Waals surface area contributed by atoms with Crippen molar-refractivity contribution in [2.75, 3.05) is 6.54 Å². The lowest BCUT2D eigenvalue weighted by Crippen LogP contribution is -2.46. The Morgan fingerprint density at radius 1 is 1.31 bits per heavy atom. The highest BCUT2D eigenvalue weighted by Gasteiger charge is 2.57. The molecule has 0 bridgehead atoms. The Balaban J connectivity index is 2.15. The molecule has 1 aromatic heterocycles. The fraction of sp³-hybridized carbons (Fsp3) is 0.333. The molecular weight excluding hydrogens is 401 g/mol. The van der Waals surface area contributed by atoms with Crippen molar-refractivity contribution in [3.05, 3.63) is 51.8 Å². The molecule has 0 aliphatic heterocycles. The highest BCUT2D eigenvalue weighted by molar-refractivity contribution is 6.36. The van der Waals surface area contributed by atoms with Crippen molar-refractivity contribution in [3.63, 3.8) is 0 Å². The average Bonchev–Trinajstić information content (AvgIpc) is 2.96. The molecule has 2 rings (SSSR count). The van der Waals surface area contributed by atoms with Crippen molar-refractivity contribution in [1.29, 1.82) is 0 Å². The van der Waals surface area contributed by atoms with Gasteiger partial charge in [-0.15, -0.1) is 0 Å². The monoisotopic (exact) mass is 413 g/mol. The summed E-state index contributed by atoms with van der Waals surface area (Å²) in [6, 6.07) is 1.78. The van der Waals surface area contributed by atoms with Crippen molar-refractivity contribution < 1.29 is 27.5 Å². The highest BCUT2D eigenvalue weighted by atomic mass is 35.5. The van der Waals surface area contributed by atoms with E-state index in [1.165, 1.54) is 13.2 Å². The number of benzene rings is 1. The summed E-state index contributed by atoms with van der Waals surface area (Å²) in [5.74, 6) is -2.43. The number of rotatable bonds is 5. The first-order chi connectivity index (χ1) is 12.0. The number of carbonyl (C=O) groups is 1. The summed E-state index contributed by atoms with van der Waals surface area (Å²) in [5.41, 5.74) is -3.56. The predicted octanol–water partition coefficient (Wildman–Crippen LogP) is 3.44. The molecule has 0 radical (unpaired) electrons. The number of nitrogens with one attached hydrogen (secondary N) is 1. The van der Waals surface area contributed by atoms with Crippen LogP contribution in [0.1, 0.15) is 22.6 Å². The number of aromatic nitrogens is 2. The van der Waals surface area contributed by atoms with Crippen LogP contribution >= 0.6 is 23.2 Å². The minimum Gasteiger partial charge on any atom is -0.374 e. The van der Waals surface area contributed by atoms with Gasteiger partial charge in [0.05, 0.1) is 15.6 Å². The van der Waals surface area contributed by atoms with Crippen LogP contribution in [0.25, 0.3) is 0 Å². The van der Waals surface area contributed by atoms with E-state index in [1.807, 2.05) is 0 Å². The molecular formula is C15H13Cl2F4N3O2. The van der Waals surface area contributed by atoms with Crippen LogP contribution in [0, 0.1) is 5.82 Å². The van der Waals surface area contributed by atoms with Crippen LogP contribution in [0.15, 0.2) is 24.5 Å². The molecule has 2 N–H and O–H groups in total. The van der Waals surface area contributed by atoms with Gasteiger partial charge in [-0.2, -0.15) is 13.2 Å². The van der Waals surface area contributed by atoms with Gasteiger partial charge in [-0.25, -0.2) is 9.37 Å². The normalized spacial score (nSPS) is 14.2. The largest absolute Gasteiger partial charge is 0.424 e. The lowest BCUT2D eigenvalue weighted by Gasteiger charge is -2.30. The fourth-order valence-corrected chi connectivity index (χ4v) is 2.76. The number of imidazole rings is 1. The van der Waals surface area contributed by atoms with E-state index in [9.17, 15) is 27.5 Å². The summed E-state index contributed by atoms with van der Waals surface area (Å²) in [4.78, 5) is 15.6. The molecule has 11 heteroatoms. The maximum absolute atomic E-state index is 13.4. The number of carbonyl (C=O) groups excluding carboxylic acids is 1. The van der Waals surface area contributed by atoms with E-state index in [0.29, 0.717) is 0 Å². The summed E-state index contributed by atoms with van der Waals surface area (Å²) >= 11 is 11.3. The third kappa shape index (κ3) is 3.94. The first-order valence-corrected chi connectivity index (χ1v) is 7.92. The van der Waals surface area contributed by atoms with Crippen molar-refractivity contribution in [1.82, 2.24) is 14.9 Å². The SMILES string of the molecule is Cn1ccnc1C(O)(CCNC(=O)c1cc(F)c(Cl)cc1Cl)C(F)(F)F. The number of hydrogen-bond acceptors (Lipinski definition) is 3. The summed E-state index contributed by atoms with van der Waals surface area (Å²) < 4.78 is 54.5. The molecule has 0 aliphatic carbocycles. The molecule has 0 fully saturated rings. The molecule has 2 aromatic rings. The second-order valence-electron chi connectivity index (χ2n) is 5.47. The van der Waals surface area contributed by atoms with Crippen LogP contribution in [0.3, 0.4) is 0 Å². The van der Waals surface area contributed by atoms with Crippen molar-refractivity contribution in [2.45, 2.75) is 18.2 Å². The molecule has 5 nitrogen and oxygen atoms in total. The van der Waals surface area contributed by atoms with Gasteiger partial charge in [0.2, 0.25) is 5.60 Å². The Hall–Kier alpha value is -1.84. The molecule has 26 heavy (non-hydrogen) atoms. The van der Waals surface area contributed by atoms with E-state index in [4.69, 9.17) is 23.2 Å². The number of aliphatic hydroxyl groups is 1. The molecule has 1 unspecified atom stereocenters. The Morgan fingerprint density at radius 3 is 2.50 bits per heavy atom. The van der Waals surface area contributed by atoms with Gasteiger partial charge < -0.3 is 15.0 Å². The van der Waals surface area contributed by atoms with Gasteiger partial charge >= 0.3 is 6.18 Å². The van der Waals surface area contributed by atoms with Gasteiger partial charge in [0.25, 0.3) is 5.91 Å². The van der Waals surface area contributed by atoms with Crippen LogP contribution < -0.4 is 5.32 Å². The third-order valence-electron chi connectivity index (χ3n) is 3.69. The highest BCUT2D eigenvalue weighted by Crippen LogP contribution is 2.40. The van der Waals surface area contributed by atoms with Gasteiger partial charge in [0.1, 0.15) is 11.6 Å². The molecule has 1 amide bonds. The van der Waals surface area contributed by atoms with Crippen molar-refractivity contribution in [2.24, 2.45) is 7.05 Å². The summed E-state index contributed by atoms with van der Waals surface area (Å²) in [6.45, 7) is -0.567. The number of hydrogen-bond donors (Lipinski definition) is 2. The molecule has 0 aliphatic rings. The topological polar surface area (TPSA) is 67.2 Å². The van der Waals surface area contributed by atoms with Crippen LogP contribution in [0.2, 0.25) is 10.0 Å². The lowest BCUT2D eigenvalue weighted by molar-refractivity contribution is -0.272. The second-order valence-corrected chi connectivity index (χ2v) is 6.29. The van der Waals surface area contributed by atoms with Gasteiger partial charge in [-0.1, -0.05) is 23.2 Å². The summed E-state index contributed by atoms with van der Waals surface area (Å²) in [5, 5.41) is 11.8. The van der Waals surface area contributed by atoms with E-state index in [2.05, 4.69) is 10.3 Å². The molecule has 1 aromatic carbocycles. The number of amides is 1. The third-order valence-corrected chi connectivity index (χ3v) is 4.29. The van der Waals surface area contributed by atoms with E-state index < -0.39 is 42.3 Å². The van der Waals surface area contributed by atoms with E-state index in [-0.39, 0.29) is 15.6 Å². The first kappa shape index (κ1) is 20.5. The zero-order valence-corrected chi connectivity index (χ0v) is 14.8. The molecule has 1 heterocycles. The minimum absolute atomic E-state index is 0.163. The molecule has 142 valence electrons. The minimum atomic E-state index is -5.03. The number of halogens is 6. The molecule has 1 atom stereocenters. The maximum atomic E-state index is 13.4. The first-order valence-electron chi connectivity index (χ1n) is 7.17. The Bertz CT molecular complexity index is 826. The van der Waals surface area contributed by atoms with Crippen LogP contribution in [0.4, 0.5) is 17.6 Å². The quantitative estimate of drug-likeness (QED) is 0.582. The van der Waals surface area contributed by atoms with E-state index in [1.54, 1.807) is 0 Å².